The first-order valence-corrected chi connectivity index (χ1v) is 8.00. The van der Waals surface area contributed by atoms with E-state index >= 15 is 0 Å². The van der Waals surface area contributed by atoms with Gasteiger partial charge in [-0.05, 0) is 18.2 Å². The molecule has 0 spiro atoms. The van der Waals surface area contributed by atoms with Crippen LogP contribution in [0.25, 0.3) is 11.0 Å². The fraction of sp³-hybridized carbons (Fsp3) is 0.385. The van der Waals surface area contributed by atoms with E-state index in [4.69, 9.17) is 11.6 Å². The predicted molar refractivity (Wildman–Crippen MR) is 82.2 cm³/mol. The summed E-state index contributed by atoms with van der Waals surface area (Å²) < 4.78 is 0. The quantitative estimate of drug-likeness (QED) is 0.896. The number of carbonyl (C=O) groups excluding carboxylic acids is 1. The fourth-order valence-corrected chi connectivity index (χ4v) is 3.23. The molecule has 5 nitrogen and oxygen atoms in total. The number of amides is 2. The van der Waals surface area contributed by atoms with E-state index < -0.39 is 0 Å². The van der Waals surface area contributed by atoms with Crippen LogP contribution in [0.3, 0.4) is 0 Å². The molecule has 2 N–H and O–H groups in total. The van der Waals surface area contributed by atoms with Gasteiger partial charge in [-0.25, -0.2) is 9.78 Å². The number of benzene rings is 1. The Morgan fingerprint density at radius 2 is 2.25 bits per heavy atom. The lowest BCUT2D eigenvalue weighted by atomic mass is 10.3. The molecule has 2 aromatic rings. The predicted octanol–water partition coefficient (Wildman–Crippen LogP) is 2.47. The largest absolute Gasteiger partial charge is 0.340 e. The number of nitrogens with zero attached hydrogens (tertiary/aromatic N) is 2. The van der Waals surface area contributed by atoms with E-state index in [-0.39, 0.29) is 6.03 Å². The van der Waals surface area contributed by atoms with Crippen LogP contribution in [0.4, 0.5) is 4.79 Å². The van der Waals surface area contributed by atoms with E-state index in [1.54, 1.807) is 6.07 Å². The third-order valence-corrected chi connectivity index (χ3v) is 4.38. The maximum absolute atomic E-state index is 12.0. The summed E-state index contributed by atoms with van der Waals surface area (Å²) in [5, 5.41) is 3.56. The number of carbonyl (C=O) groups is 1. The van der Waals surface area contributed by atoms with Crippen LogP contribution >= 0.6 is 23.4 Å². The second-order valence-electron chi connectivity index (χ2n) is 4.60. The molecular weight excluding hydrogens is 296 g/mol. The Balaban J connectivity index is 1.63. The van der Waals surface area contributed by atoms with E-state index in [0.29, 0.717) is 11.6 Å². The molecular formula is C13H15ClN4OS. The molecule has 0 radical (unpaired) electrons. The summed E-state index contributed by atoms with van der Waals surface area (Å²) >= 11 is 7.81. The Kier molecular flexibility index (Phi) is 4.03. The number of rotatable bonds is 2. The number of fused-ring (bicyclic) bond motifs is 1. The number of hydrogen-bond donors (Lipinski definition) is 2. The van der Waals surface area contributed by atoms with Gasteiger partial charge in [0.15, 0.2) is 0 Å². The molecule has 1 aromatic heterocycles. The molecule has 20 heavy (non-hydrogen) atoms. The highest BCUT2D eigenvalue weighted by Crippen LogP contribution is 2.17. The van der Waals surface area contributed by atoms with Crippen molar-refractivity contribution in [1.29, 1.82) is 0 Å². The Morgan fingerprint density at radius 3 is 3.05 bits per heavy atom. The number of hydrogen-bond acceptors (Lipinski definition) is 3. The minimum absolute atomic E-state index is 0.0243. The first kappa shape index (κ1) is 13.6. The summed E-state index contributed by atoms with van der Waals surface area (Å²) in [6.07, 6.45) is 0. The van der Waals surface area contributed by atoms with Gasteiger partial charge in [0.05, 0.1) is 17.6 Å². The Morgan fingerprint density at radius 1 is 1.45 bits per heavy atom. The summed E-state index contributed by atoms with van der Waals surface area (Å²) in [5.41, 5.74) is 1.74. The highest BCUT2D eigenvalue weighted by Gasteiger charge is 2.16. The van der Waals surface area contributed by atoms with Gasteiger partial charge in [0, 0.05) is 29.6 Å². The summed E-state index contributed by atoms with van der Waals surface area (Å²) in [5.74, 6) is 2.76. The van der Waals surface area contributed by atoms with Gasteiger partial charge >= 0.3 is 6.03 Å². The van der Waals surface area contributed by atoms with Crippen LogP contribution in [-0.4, -0.2) is 45.5 Å². The molecule has 1 saturated heterocycles. The van der Waals surface area contributed by atoms with E-state index in [0.717, 1.165) is 41.5 Å². The summed E-state index contributed by atoms with van der Waals surface area (Å²) in [6, 6.07) is 5.47. The first-order chi connectivity index (χ1) is 9.72. The number of urea groups is 1. The zero-order chi connectivity index (χ0) is 13.9. The molecule has 7 heteroatoms. The molecule has 1 aliphatic rings. The molecule has 2 amide bonds. The lowest BCUT2D eigenvalue weighted by molar-refractivity contribution is 0.202. The zero-order valence-corrected chi connectivity index (χ0v) is 12.4. The Labute approximate surface area is 126 Å². The van der Waals surface area contributed by atoms with Crippen LogP contribution in [0, 0.1) is 0 Å². The molecule has 0 atom stereocenters. The number of nitrogens with one attached hydrogen (secondary N) is 2. The van der Waals surface area contributed by atoms with Crippen molar-refractivity contribution in [3.63, 3.8) is 0 Å². The van der Waals surface area contributed by atoms with Gasteiger partial charge in [0.25, 0.3) is 0 Å². The van der Waals surface area contributed by atoms with Crippen molar-refractivity contribution in [3.8, 4) is 0 Å². The van der Waals surface area contributed by atoms with Gasteiger partial charge < -0.3 is 15.2 Å². The number of thioether (sulfide) groups is 1. The highest BCUT2D eigenvalue weighted by molar-refractivity contribution is 7.99. The van der Waals surface area contributed by atoms with E-state index in [1.807, 2.05) is 28.8 Å². The maximum Gasteiger partial charge on any atom is 0.317 e. The molecule has 3 rings (SSSR count). The van der Waals surface area contributed by atoms with Crippen LogP contribution in [0.5, 0.6) is 0 Å². The number of H-pyrrole nitrogens is 1. The summed E-state index contributed by atoms with van der Waals surface area (Å²) in [6.45, 7) is 2.02. The standard InChI is InChI=1S/C13H15ClN4OS/c14-9-1-2-10-11(7-9)17-12(16-10)8-15-13(19)18-3-5-20-6-4-18/h1-2,7H,3-6,8H2,(H,15,19)(H,16,17). The van der Waals surface area contributed by atoms with E-state index in [9.17, 15) is 4.79 Å². The van der Waals surface area contributed by atoms with Crippen molar-refractivity contribution in [2.24, 2.45) is 0 Å². The number of imidazole rings is 1. The zero-order valence-electron chi connectivity index (χ0n) is 10.9. The van der Waals surface area contributed by atoms with Crippen LogP contribution in [0.15, 0.2) is 18.2 Å². The molecule has 106 valence electrons. The molecule has 0 saturated carbocycles. The lowest BCUT2D eigenvalue weighted by Crippen LogP contribution is -2.44. The van der Waals surface area contributed by atoms with Crippen LogP contribution in [0.1, 0.15) is 5.82 Å². The molecule has 0 unspecified atom stereocenters. The Hall–Kier alpha value is -1.40. The molecule has 1 fully saturated rings. The minimum atomic E-state index is -0.0243. The molecule has 0 bridgehead atoms. The third kappa shape index (κ3) is 3.02. The topological polar surface area (TPSA) is 61.0 Å². The van der Waals surface area contributed by atoms with Crippen LogP contribution in [-0.2, 0) is 6.54 Å². The third-order valence-electron chi connectivity index (χ3n) is 3.20. The highest BCUT2D eigenvalue weighted by atomic mass is 35.5. The van der Waals surface area contributed by atoms with Crippen molar-refractivity contribution < 1.29 is 4.79 Å². The fourth-order valence-electron chi connectivity index (χ4n) is 2.16. The average molecular weight is 311 g/mol. The smallest absolute Gasteiger partial charge is 0.317 e. The van der Waals surface area contributed by atoms with Crippen molar-refractivity contribution in [3.05, 3.63) is 29.0 Å². The van der Waals surface area contributed by atoms with Gasteiger partial charge in [0.1, 0.15) is 5.82 Å². The van der Waals surface area contributed by atoms with Crippen LogP contribution in [0.2, 0.25) is 5.02 Å². The van der Waals surface area contributed by atoms with Gasteiger partial charge in [-0.3, -0.25) is 0 Å². The van der Waals surface area contributed by atoms with Crippen molar-refractivity contribution in [2.75, 3.05) is 24.6 Å². The first-order valence-electron chi connectivity index (χ1n) is 6.47. The Bertz CT molecular complexity index is 624. The number of aromatic amines is 1. The molecule has 0 aliphatic carbocycles. The molecule has 1 aliphatic heterocycles. The van der Waals surface area contributed by atoms with Crippen molar-refractivity contribution in [1.82, 2.24) is 20.2 Å². The molecule has 1 aromatic carbocycles. The minimum Gasteiger partial charge on any atom is -0.340 e. The van der Waals surface area contributed by atoms with Gasteiger partial charge in [0.2, 0.25) is 0 Å². The van der Waals surface area contributed by atoms with E-state index in [1.165, 1.54) is 0 Å². The lowest BCUT2D eigenvalue weighted by Gasteiger charge is -2.26. The van der Waals surface area contributed by atoms with Crippen molar-refractivity contribution in [2.45, 2.75) is 6.54 Å². The second-order valence-corrected chi connectivity index (χ2v) is 6.26. The maximum atomic E-state index is 12.0. The average Bonchev–Trinajstić information content (AvgIpc) is 2.87. The van der Waals surface area contributed by atoms with Crippen molar-refractivity contribution >= 4 is 40.4 Å². The van der Waals surface area contributed by atoms with E-state index in [2.05, 4.69) is 15.3 Å². The number of aromatic nitrogens is 2. The van der Waals surface area contributed by atoms with Gasteiger partial charge in [-0.15, -0.1) is 0 Å². The SMILES string of the molecule is O=C(NCc1nc2ccc(Cl)cc2[nH]1)N1CCSCC1. The number of halogens is 1. The normalized spacial score (nSPS) is 15.6. The monoisotopic (exact) mass is 310 g/mol. The second kappa shape index (κ2) is 5.93. The van der Waals surface area contributed by atoms with Crippen LogP contribution < -0.4 is 5.32 Å². The van der Waals surface area contributed by atoms with Gasteiger partial charge in [-0.2, -0.15) is 11.8 Å². The van der Waals surface area contributed by atoms with Gasteiger partial charge in [-0.1, -0.05) is 11.6 Å². The summed E-state index contributed by atoms with van der Waals surface area (Å²) in [4.78, 5) is 21.4. The molecule has 2 heterocycles. The summed E-state index contributed by atoms with van der Waals surface area (Å²) in [7, 11) is 0.